The summed E-state index contributed by atoms with van der Waals surface area (Å²) in [4.78, 5) is 34.9. The molecule has 0 bridgehead atoms. The molecule has 10 heteroatoms. The summed E-state index contributed by atoms with van der Waals surface area (Å²) in [5.74, 6) is 0.962. The van der Waals surface area contributed by atoms with Gasteiger partial charge in [0.25, 0.3) is 0 Å². The number of fused-ring (bicyclic) bond motifs is 2. The minimum absolute atomic E-state index is 0.0180. The lowest BCUT2D eigenvalue weighted by molar-refractivity contribution is 0.132. The van der Waals surface area contributed by atoms with Crippen LogP contribution in [0, 0.1) is 17.2 Å². The molecule has 1 fully saturated rings. The van der Waals surface area contributed by atoms with E-state index in [1.165, 1.54) is 0 Å². The third-order valence-corrected chi connectivity index (χ3v) is 6.30. The Morgan fingerprint density at radius 2 is 1.88 bits per heavy atom. The van der Waals surface area contributed by atoms with Gasteiger partial charge in [0, 0.05) is 24.6 Å². The molecule has 5 rings (SSSR count). The SMILES string of the molecule is N#CC1CCN(C(=O)N2CCOc3ccc(-c4ccc5nc(NC(=O)O)[nH]c5c4)cc3C2)CC1. The molecule has 0 saturated carbocycles. The van der Waals surface area contributed by atoms with Crippen molar-refractivity contribution >= 4 is 29.1 Å². The van der Waals surface area contributed by atoms with Gasteiger partial charge in [-0.1, -0.05) is 12.1 Å². The lowest BCUT2D eigenvalue weighted by Crippen LogP contribution is -2.46. The van der Waals surface area contributed by atoms with Crippen LogP contribution in [0.1, 0.15) is 18.4 Å². The van der Waals surface area contributed by atoms with Crippen LogP contribution in [0.5, 0.6) is 5.75 Å². The molecule has 1 aromatic heterocycles. The van der Waals surface area contributed by atoms with Crippen molar-refractivity contribution < 1.29 is 19.4 Å². The number of piperidine rings is 1. The Hall–Kier alpha value is -4.26. The van der Waals surface area contributed by atoms with Gasteiger partial charge in [-0.3, -0.25) is 5.32 Å². The van der Waals surface area contributed by atoms with Gasteiger partial charge in [-0.2, -0.15) is 5.26 Å². The second-order valence-electron chi connectivity index (χ2n) is 8.51. The third kappa shape index (κ3) is 4.32. The highest BCUT2D eigenvalue weighted by molar-refractivity contribution is 5.87. The van der Waals surface area contributed by atoms with E-state index in [1.807, 2.05) is 46.2 Å². The molecule has 2 aliphatic rings. The zero-order valence-corrected chi connectivity index (χ0v) is 18.5. The van der Waals surface area contributed by atoms with Gasteiger partial charge in [-0.25, -0.2) is 14.6 Å². The second-order valence-corrected chi connectivity index (χ2v) is 8.51. The number of aromatic amines is 1. The van der Waals surface area contributed by atoms with Crippen LogP contribution >= 0.6 is 0 Å². The van der Waals surface area contributed by atoms with E-state index in [2.05, 4.69) is 21.4 Å². The number of hydrogen-bond donors (Lipinski definition) is 3. The van der Waals surface area contributed by atoms with Crippen LogP contribution in [0.15, 0.2) is 36.4 Å². The second kappa shape index (κ2) is 8.94. The first-order valence-corrected chi connectivity index (χ1v) is 11.2. The maximum absolute atomic E-state index is 13.1. The van der Waals surface area contributed by atoms with Crippen LogP contribution < -0.4 is 10.1 Å². The van der Waals surface area contributed by atoms with Gasteiger partial charge in [0.2, 0.25) is 5.95 Å². The third-order valence-electron chi connectivity index (χ3n) is 6.30. The lowest BCUT2D eigenvalue weighted by atomic mass is 9.99. The highest BCUT2D eigenvalue weighted by atomic mass is 16.5. The standard InChI is InChI=1S/C24H24N6O4/c25-13-15-5-7-29(8-6-15)24(33)30-9-10-34-21-4-2-16(11-18(21)14-30)17-1-3-19-20(12-17)27-22(26-19)28-23(31)32/h1-4,11-12,15H,5-10,14H2,(H,31,32)(H2,26,27,28). The monoisotopic (exact) mass is 460 g/mol. The van der Waals surface area contributed by atoms with Gasteiger partial charge < -0.3 is 24.6 Å². The minimum Gasteiger partial charge on any atom is -0.491 e. The average Bonchev–Trinajstić information content (AvgIpc) is 3.11. The molecular formula is C24H24N6O4. The largest absolute Gasteiger partial charge is 0.491 e. The van der Waals surface area contributed by atoms with E-state index < -0.39 is 6.09 Å². The highest BCUT2D eigenvalue weighted by Gasteiger charge is 2.28. The number of anilines is 1. The Balaban J connectivity index is 1.37. The molecule has 3 aromatic rings. The Morgan fingerprint density at radius 3 is 2.65 bits per heavy atom. The maximum Gasteiger partial charge on any atom is 0.411 e. The summed E-state index contributed by atoms with van der Waals surface area (Å²) in [6.07, 6.45) is 0.249. The van der Waals surface area contributed by atoms with Gasteiger partial charge in [-0.05, 0) is 48.2 Å². The number of hydrogen-bond acceptors (Lipinski definition) is 5. The van der Waals surface area contributed by atoms with Crippen LogP contribution in [-0.4, -0.2) is 63.2 Å². The van der Waals surface area contributed by atoms with Crippen molar-refractivity contribution in [2.75, 3.05) is 31.6 Å². The summed E-state index contributed by atoms with van der Waals surface area (Å²) in [5, 5.41) is 20.2. The van der Waals surface area contributed by atoms with E-state index in [0.29, 0.717) is 56.7 Å². The molecule has 0 unspecified atom stereocenters. The van der Waals surface area contributed by atoms with Crippen LogP contribution in [-0.2, 0) is 6.54 Å². The van der Waals surface area contributed by atoms with Crippen molar-refractivity contribution in [2.45, 2.75) is 19.4 Å². The van der Waals surface area contributed by atoms with Gasteiger partial charge in [-0.15, -0.1) is 0 Å². The van der Waals surface area contributed by atoms with Crippen molar-refractivity contribution in [3.05, 3.63) is 42.0 Å². The number of benzene rings is 2. The molecule has 2 aromatic carbocycles. The van der Waals surface area contributed by atoms with E-state index in [9.17, 15) is 9.59 Å². The number of carbonyl (C=O) groups excluding carboxylic acids is 1. The summed E-state index contributed by atoms with van der Waals surface area (Å²) < 4.78 is 5.92. The number of nitrogens with zero attached hydrogens (tertiary/aromatic N) is 4. The Bertz CT molecular complexity index is 1290. The fraction of sp³-hybridized carbons (Fsp3) is 0.333. The number of urea groups is 1. The lowest BCUT2D eigenvalue weighted by Gasteiger charge is -2.33. The molecule has 0 atom stereocenters. The van der Waals surface area contributed by atoms with Gasteiger partial charge in [0.1, 0.15) is 12.4 Å². The molecule has 3 N–H and O–H groups in total. The number of likely N-dealkylation sites (tertiary alicyclic amines) is 1. The molecule has 3 amide bonds. The fourth-order valence-corrected chi connectivity index (χ4v) is 4.49. The number of H-pyrrole nitrogens is 1. The number of imidazole rings is 1. The van der Waals surface area contributed by atoms with Crippen molar-refractivity contribution in [1.82, 2.24) is 19.8 Å². The molecule has 2 aliphatic heterocycles. The van der Waals surface area contributed by atoms with Crippen LogP contribution in [0.25, 0.3) is 22.2 Å². The maximum atomic E-state index is 13.1. The van der Waals surface area contributed by atoms with Crippen molar-refractivity contribution in [3.8, 4) is 22.9 Å². The van der Waals surface area contributed by atoms with Crippen LogP contribution in [0.2, 0.25) is 0 Å². The summed E-state index contributed by atoms with van der Waals surface area (Å²) in [5.41, 5.74) is 4.18. The van der Waals surface area contributed by atoms with E-state index in [-0.39, 0.29) is 17.9 Å². The van der Waals surface area contributed by atoms with E-state index in [1.54, 1.807) is 0 Å². The zero-order chi connectivity index (χ0) is 23.7. The molecule has 34 heavy (non-hydrogen) atoms. The summed E-state index contributed by atoms with van der Waals surface area (Å²) >= 11 is 0. The predicted molar refractivity (Wildman–Crippen MR) is 124 cm³/mol. The number of carbonyl (C=O) groups is 2. The molecule has 0 radical (unpaired) electrons. The predicted octanol–water partition coefficient (Wildman–Crippen LogP) is 3.87. The fourth-order valence-electron chi connectivity index (χ4n) is 4.49. The van der Waals surface area contributed by atoms with Crippen molar-refractivity contribution in [3.63, 3.8) is 0 Å². The Labute approximate surface area is 195 Å². The van der Waals surface area contributed by atoms with Crippen molar-refractivity contribution in [2.24, 2.45) is 5.92 Å². The Kier molecular flexibility index (Phi) is 5.67. The normalized spacial score (nSPS) is 16.3. The van der Waals surface area contributed by atoms with Gasteiger partial charge in [0.05, 0.1) is 30.2 Å². The summed E-state index contributed by atoms with van der Waals surface area (Å²) in [6.45, 7) is 2.57. The molecule has 174 valence electrons. The zero-order valence-electron chi connectivity index (χ0n) is 18.5. The van der Waals surface area contributed by atoms with Crippen LogP contribution in [0.4, 0.5) is 15.5 Å². The van der Waals surface area contributed by atoms with E-state index >= 15 is 0 Å². The Morgan fingerprint density at radius 1 is 1.12 bits per heavy atom. The first-order valence-electron chi connectivity index (χ1n) is 11.2. The molecule has 0 aliphatic carbocycles. The topological polar surface area (TPSA) is 135 Å². The quantitative estimate of drug-likeness (QED) is 0.531. The first-order chi connectivity index (χ1) is 16.5. The van der Waals surface area contributed by atoms with Gasteiger partial charge >= 0.3 is 12.1 Å². The number of nitriles is 1. The first kappa shape index (κ1) is 21.6. The minimum atomic E-state index is -1.18. The highest BCUT2D eigenvalue weighted by Crippen LogP contribution is 2.31. The number of ether oxygens (including phenoxy) is 1. The smallest absolute Gasteiger partial charge is 0.411 e. The summed E-state index contributed by atoms with van der Waals surface area (Å²) in [6, 6.07) is 13.9. The summed E-state index contributed by atoms with van der Waals surface area (Å²) in [7, 11) is 0. The van der Waals surface area contributed by atoms with Gasteiger partial charge in [0.15, 0.2) is 0 Å². The van der Waals surface area contributed by atoms with Crippen molar-refractivity contribution in [1.29, 1.82) is 5.26 Å². The molecule has 10 nitrogen and oxygen atoms in total. The van der Waals surface area contributed by atoms with Crippen LogP contribution in [0.3, 0.4) is 0 Å². The number of rotatable bonds is 2. The van der Waals surface area contributed by atoms with E-state index in [0.717, 1.165) is 22.4 Å². The van der Waals surface area contributed by atoms with E-state index in [4.69, 9.17) is 15.1 Å². The number of carboxylic acid groups (broad SMARTS) is 1. The molecular weight excluding hydrogens is 436 g/mol. The average molecular weight is 460 g/mol. The number of amides is 3. The number of aromatic nitrogens is 2. The number of nitrogens with one attached hydrogen (secondary N) is 2. The molecule has 0 spiro atoms. The molecule has 3 heterocycles. The molecule has 1 saturated heterocycles.